The predicted molar refractivity (Wildman–Crippen MR) is 79.9 cm³/mol. The van der Waals surface area contributed by atoms with Crippen molar-refractivity contribution in [3.63, 3.8) is 0 Å². The Balaban J connectivity index is 2.15. The van der Waals surface area contributed by atoms with E-state index in [2.05, 4.69) is 26.2 Å². The Hall–Kier alpha value is -1.40. The Bertz CT molecular complexity index is 598. The fourth-order valence-corrected chi connectivity index (χ4v) is 3.00. The summed E-state index contributed by atoms with van der Waals surface area (Å²) >= 11 is 5.04. The number of aryl methyl sites for hydroxylation is 1. The Labute approximate surface area is 123 Å². The van der Waals surface area contributed by atoms with Gasteiger partial charge in [0.05, 0.1) is 12.1 Å². The summed E-state index contributed by atoms with van der Waals surface area (Å²) in [7, 11) is 0. The average Bonchev–Trinajstić information content (AvgIpc) is 2.81. The third-order valence-corrected chi connectivity index (χ3v) is 4.25. The van der Waals surface area contributed by atoms with E-state index in [1.54, 1.807) is 23.5 Å². The van der Waals surface area contributed by atoms with Gasteiger partial charge >= 0.3 is 5.97 Å². The first kappa shape index (κ1) is 14.0. The molecule has 2 aromatic rings. The predicted octanol–water partition coefficient (Wildman–Crippen LogP) is 3.78. The molecule has 2 heterocycles. The van der Waals surface area contributed by atoms with Gasteiger partial charge in [0, 0.05) is 20.4 Å². The maximum Gasteiger partial charge on any atom is 0.335 e. The standard InChI is InChI=1S/C13H13BrN2O2S/c1-2-10-3-8(13(17)18)4-12(16-10)15-6-11-5-9(14)7-19-11/h3-5,7H,2,6H2,1H3,(H,15,16)(H,17,18). The van der Waals surface area contributed by atoms with E-state index in [4.69, 9.17) is 5.11 Å². The molecule has 4 nitrogen and oxygen atoms in total. The van der Waals surface area contributed by atoms with Crippen molar-refractivity contribution >= 4 is 39.1 Å². The third kappa shape index (κ3) is 3.78. The number of nitrogens with one attached hydrogen (secondary N) is 1. The molecule has 0 saturated heterocycles. The van der Waals surface area contributed by atoms with Gasteiger partial charge in [0.25, 0.3) is 0 Å². The number of carboxylic acids is 1. The molecule has 0 aromatic carbocycles. The lowest BCUT2D eigenvalue weighted by atomic mass is 10.2. The first-order valence-electron chi connectivity index (χ1n) is 5.79. The van der Waals surface area contributed by atoms with Crippen LogP contribution in [-0.2, 0) is 13.0 Å². The normalized spacial score (nSPS) is 10.4. The van der Waals surface area contributed by atoms with Gasteiger partial charge in [-0.3, -0.25) is 0 Å². The Morgan fingerprint density at radius 1 is 1.47 bits per heavy atom. The number of thiophene rings is 1. The second-order valence-corrected chi connectivity index (χ2v) is 5.89. The van der Waals surface area contributed by atoms with Gasteiger partial charge in [-0.1, -0.05) is 6.92 Å². The van der Waals surface area contributed by atoms with Crippen LogP contribution in [0, 0.1) is 0 Å². The molecule has 0 atom stereocenters. The van der Waals surface area contributed by atoms with Crippen LogP contribution in [0.5, 0.6) is 0 Å². The van der Waals surface area contributed by atoms with Gasteiger partial charge in [-0.2, -0.15) is 0 Å². The number of aromatic carboxylic acids is 1. The summed E-state index contributed by atoms with van der Waals surface area (Å²) in [6, 6.07) is 5.19. The lowest BCUT2D eigenvalue weighted by Crippen LogP contribution is -2.05. The van der Waals surface area contributed by atoms with E-state index < -0.39 is 5.97 Å². The van der Waals surface area contributed by atoms with E-state index in [1.165, 1.54) is 0 Å². The highest BCUT2D eigenvalue weighted by atomic mass is 79.9. The van der Waals surface area contributed by atoms with Gasteiger partial charge in [-0.05, 0) is 40.5 Å². The molecule has 0 aliphatic heterocycles. The van der Waals surface area contributed by atoms with Gasteiger partial charge in [0.1, 0.15) is 5.82 Å². The molecule has 0 amide bonds. The molecular weight excluding hydrogens is 328 g/mol. The number of carbonyl (C=O) groups is 1. The number of hydrogen-bond acceptors (Lipinski definition) is 4. The van der Waals surface area contributed by atoms with Crippen molar-refractivity contribution < 1.29 is 9.90 Å². The van der Waals surface area contributed by atoms with Gasteiger partial charge in [-0.25, -0.2) is 9.78 Å². The summed E-state index contributed by atoms with van der Waals surface area (Å²) in [6.45, 7) is 2.59. The van der Waals surface area contributed by atoms with Crippen molar-refractivity contribution in [2.24, 2.45) is 0 Å². The summed E-state index contributed by atoms with van der Waals surface area (Å²) in [4.78, 5) is 16.6. The average molecular weight is 341 g/mol. The van der Waals surface area contributed by atoms with Crippen LogP contribution < -0.4 is 5.32 Å². The minimum Gasteiger partial charge on any atom is -0.478 e. The quantitative estimate of drug-likeness (QED) is 0.869. The molecular formula is C13H13BrN2O2S. The van der Waals surface area contributed by atoms with Crippen LogP contribution in [-0.4, -0.2) is 16.1 Å². The number of rotatable bonds is 5. The number of aromatic nitrogens is 1. The van der Waals surface area contributed by atoms with Crippen molar-refractivity contribution in [3.8, 4) is 0 Å². The second-order valence-electron chi connectivity index (χ2n) is 3.98. The molecule has 2 aromatic heterocycles. The lowest BCUT2D eigenvalue weighted by molar-refractivity contribution is 0.0696. The number of carboxylic acid groups (broad SMARTS) is 1. The van der Waals surface area contributed by atoms with E-state index >= 15 is 0 Å². The van der Waals surface area contributed by atoms with Crippen LogP contribution in [0.25, 0.3) is 0 Å². The zero-order chi connectivity index (χ0) is 13.8. The molecule has 19 heavy (non-hydrogen) atoms. The molecule has 0 aliphatic rings. The summed E-state index contributed by atoms with van der Waals surface area (Å²) < 4.78 is 1.05. The van der Waals surface area contributed by atoms with Gasteiger partial charge in [0.2, 0.25) is 0 Å². The molecule has 0 aliphatic carbocycles. The topological polar surface area (TPSA) is 62.2 Å². The molecule has 0 radical (unpaired) electrons. The molecule has 0 saturated carbocycles. The summed E-state index contributed by atoms with van der Waals surface area (Å²) in [5.74, 6) is -0.333. The number of anilines is 1. The van der Waals surface area contributed by atoms with Crippen LogP contribution in [0.4, 0.5) is 5.82 Å². The highest BCUT2D eigenvalue weighted by Crippen LogP contribution is 2.21. The van der Waals surface area contributed by atoms with Gasteiger partial charge < -0.3 is 10.4 Å². The minimum atomic E-state index is -0.931. The second kappa shape index (κ2) is 6.16. The molecule has 0 bridgehead atoms. The SMILES string of the molecule is CCc1cc(C(=O)O)cc(NCc2cc(Br)cs2)n1. The summed E-state index contributed by atoms with van der Waals surface area (Å²) in [6.07, 6.45) is 0.709. The van der Waals surface area contributed by atoms with Crippen LogP contribution in [0.2, 0.25) is 0 Å². The number of halogens is 1. The molecule has 2 N–H and O–H groups in total. The molecule has 0 unspecified atom stereocenters. The van der Waals surface area contributed by atoms with Crippen molar-refractivity contribution in [3.05, 3.63) is 44.2 Å². The van der Waals surface area contributed by atoms with E-state index in [-0.39, 0.29) is 5.56 Å². The fraction of sp³-hybridized carbons (Fsp3) is 0.231. The van der Waals surface area contributed by atoms with Gasteiger partial charge in [-0.15, -0.1) is 11.3 Å². The van der Waals surface area contributed by atoms with E-state index in [1.807, 2.05) is 18.4 Å². The summed E-state index contributed by atoms with van der Waals surface area (Å²) in [5, 5.41) is 14.2. The lowest BCUT2D eigenvalue weighted by Gasteiger charge is -2.07. The highest BCUT2D eigenvalue weighted by Gasteiger charge is 2.08. The van der Waals surface area contributed by atoms with Crippen molar-refractivity contribution in [2.45, 2.75) is 19.9 Å². The Morgan fingerprint density at radius 3 is 2.84 bits per heavy atom. The Kier molecular flexibility index (Phi) is 4.55. The monoisotopic (exact) mass is 340 g/mol. The molecule has 0 fully saturated rings. The van der Waals surface area contributed by atoms with E-state index in [0.29, 0.717) is 18.8 Å². The van der Waals surface area contributed by atoms with Crippen molar-refractivity contribution in [1.82, 2.24) is 4.98 Å². The van der Waals surface area contributed by atoms with E-state index in [0.717, 1.165) is 15.0 Å². The zero-order valence-corrected chi connectivity index (χ0v) is 12.7. The van der Waals surface area contributed by atoms with E-state index in [9.17, 15) is 4.79 Å². The first-order chi connectivity index (χ1) is 9.08. The third-order valence-electron chi connectivity index (χ3n) is 2.55. The zero-order valence-electron chi connectivity index (χ0n) is 10.3. The largest absolute Gasteiger partial charge is 0.478 e. The Morgan fingerprint density at radius 2 is 2.26 bits per heavy atom. The highest BCUT2D eigenvalue weighted by molar-refractivity contribution is 9.10. The molecule has 0 spiro atoms. The van der Waals surface area contributed by atoms with Gasteiger partial charge in [0.15, 0.2) is 0 Å². The number of hydrogen-bond donors (Lipinski definition) is 2. The van der Waals surface area contributed by atoms with Crippen molar-refractivity contribution in [2.75, 3.05) is 5.32 Å². The first-order valence-corrected chi connectivity index (χ1v) is 7.46. The summed E-state index contributed by atoms with van der Waals surface area (Å²) in [5.41, 5.74) is 1.04. The minimum absolute atomic E-state index is 0.265. The maximum absolute atomic E-state index is 11.0. The fourth-order valence-electron chi connectivity index (χ4n) is 1.61. The van der Waals surface area contributed by atoms with Crippen molar-refractivity contribution in [1.29, 1.82) is 0 Å². The molecule has 100 valence electrons. The van der Waals surface area contributed by atoms with Crippen LogP contribution >= 0.6 is 27.3 Å². The number of pyridine rings is 1. The maximum atomic E-state index is 11.0. The molecule has 2 rings (SSSR count). The van der Waals surface area contributed by atoms with Crippen LogP contribution in [0.15, 0.2) is 28.1 Å². The number of nitrogens with zero attached hydrogens (tertiary/aromatic N) is 1. The van der Waals surface area contributed by atoms with Crippen LogP contribution in [0.1, 0.15) is 27.9 Å². The molecule has 6 heteroatoms. The smallest absolute Gasteiger partial charge is 0.335 e. The van der Waals surface area contributed by atoms with Crippen LogP contribution in [0.3, 0.4) is 0 Å².